The molecule has 7 nitrogen and oxygen atoms in total. The van der Waals surface area contributed by atoms with E-state index in [4.69, 9.17) is 5.11 Å². The van der Waals surface area contributed by atoms with Gasteiger partial charge in [0.25, 0.3) is 0 Å². The number of carboxylic acids is 1. The van der Waals surface area contributed by atoms with Crippen LogP contribution in [0.15, 0.2) is 0 Å². The van der Waals surface area contributed by atoms with E-state index in [1.54, 1.807) is 0 Å². The minimum atomic E-state index is -3.78. The number of carbonyl (C=O) groups is 2. The second kappa shape index (κ2) is 5.89. The van der Waals surface area contributed by atoms with Gasteiger partial charge in [-0.3, -0.25) is 9.59 Å². The Morgan fingerprint density at radius 1 is 1.56 bits per heavy atom. The van der Waals surface area contributed by atoms with Crippen molar-refractivity contribution >= 4 is 33.7 Å². The van der Waals surface area contributed by atoms with E-state index in [-0.39, 0.29) is 11.6 Å². The summed E-state index contributed by atoms with van der Waals surface area (Å²) in [5.41, 5.74) is 0. The quantitative estimate of drug-likeness (QED) is 0.688. The van der Waals surface area contributed by atoms with Crippen LogP contribution >= 0.6 is 11.8 Å². The van der Waals surface area contributed by atoms with Gasteiger partial charge in [-0.1, -0.05) is 6.92 Å². The molecule has 1 saturated heterocycles. The van der Waals surface area contributed by atoms with E-state index in [9.17, 15) is 18.0 Å². The summed E-state index contributed by atoms with van der Waals surface area (Å²) >= 11 is 1.24. The van der Waals surface area contributed by atoms with Gasteiger partial charge in [0.05, 0.1) is 24.7 Å². The van der Waals surface area contributed by atoms with Crippen LogP contribution in [-0.4, -0.2) is 60.3 Å². The fourth-order valence-corrected chi connectivity index (χ4v) is 5.06. The fourth-order valence-electron chi connectivity index (χ4n) is 1.58. The molecular weight excluding hydrogens is 282 g/mol. The van der Waals surface area contributed by atoms with Gasteiger partial charge in [-0.05, 0) is 0 Å². The van der Waals surface area contributed by atoms with Crippen molar-refractivity contribution in [3.8, 4) is 0 Å². The van der Waals surface area contributed by atoms with E-state index in [1.807, 2.05) is 0 Å². The van der Waals surface area contributed by atoms with Crippen molar-refractivity contribution < 1.29 is 27.9 Å². The maximum absolute atomic E-state index is 12.0. The van der Waals surface area contributed by atoms with Gasteiger partial charge in [0.15, 0.2) is 0 Å². The lowest BCUT2D eigenvalue weighted by Gasteiger charge is -2.21. The first-order chi connectivity index (χ1) is 8.29. The molecule has 1 aliphatic rings. The number of thioether (sulfide) groups is 1. The van der Waals surface area contributed by atoms with Crippen LogP contribution in [0.4, 0.5) is 0 Å². The molecule has 0 aromatic heterocycles. The number of aliphatic carboxylic acids is 1. The molecule has 1 unspecified atom stereocenters. The zero-order valence-corrected chi connectivity index (χ0v) is 11.7. The van der Waals surface area contributed by atoms with Crippen LogP contribution < -0.4 is 0 Å². The van der Waals surface area contributed by atoms with Crippen molar-refractivity contribution in [2.45, 2.75) is 13.0 Å². The first-order valence-corrected chi connectivity index (χ1v) is 7.94. The van der Waals surface area contributed by atoms with Crippen LogP contribution in [0.2, 0.25) is 0 Å². The number of hydrogen-bond donors (Lipinski definition) is 1. The van der Waals surface area contributed by atoms with Gasteiger partial charge in [-0.25, -0.2) is 8.42 Å². The Balaban J connectivity index is 2.80. The van der Waals surface area contributed by atoms with Gasteiger partial charge < -0.3 is 9.84 Å². The Kier molecular flexibility index (Phi) is 5.00. The Morgan fingerprint density at radius 2 is 2.17 bits per heavy atom. The maximum atomic E-state index is 12.0. The highest BCUT2D eigenvalue weighted by atomic mass is 32.2. The third kappa shape index (κ3) is 3.36. The van der Waals surface area contributed by atoms with Crippen LogP contribution in [0.1, 0.15) is 6.92 Å². The molecule has 18 heavy (non-hydrogen) atoms. The van der Waals surface area contributed by atoms with Crippen LogP contribution in [0, 0.1) is 5.92 Å². The molecule has 1 fully saturated rings. The summed E-state index contributed by atoms with van der Waals surface area (Å²) in [5, 5.41) is 8.93. The predicted octanol–water partition coefficient (Wildman–Crippen LogP) is -0.415. The average Bonchev–Trinajstić information content (AvgIpc) is 2.76. The molecule has 0 saturated carbocycles. The molecule has 0 spiro atoms. The minimum absolute atomic E-state index is 0.104. The molecule has 9 heteroatoms. The first kappa shape index (κ1) is 15.3. The smallest absolute Gasteiger partial charge is 0.322 e. The van der Waals surface area contributed by atoms with Gasteiger partial charge in [-0.15, -0.1) is 11.8 Å². The number of sulfonamides is 1. The van der Waals surface area contributed by atoms with Crippen molar-refractivity contribution in [2.75, 3.05) is 24.5 Å². The molecule has 0 aromatic rings. The lowest BCUT2D eigenvalue weighted by Crippen LogP contribution is -2.44. The molecule has 1 aliphatic heterocycles. The molecule has 1 heterocycles. The van der Waals surface area contributed by atoms with Crippen molar-refractivity contribution in [3.63, 3.8) is 0 Å². The molecule has 0 aliphatic carbocycles. The van der Waals surface area contributed by atoms with E-state index in [0.717, 1.165) is 4.31 Å². The normalized spacial score (nSPS) is 22.7. The van der Waals surface area contributed by atoms with Gasteiger partial charge in [0.1, 0.15) is 6.04 Å². The lowest BCUT2D eigenvalue weighted by atomic mass is 10.2. The summed E-state index contributed by atoms with van der Waals surface area (Å²) in [5.74, 6) is -2.73. The van der Waals surface area contributed by atoms with E-state index >= 15 is 0 Å². The Labute approximate surface area is 110 Å². The molecule has 0 aromatic carbocycles. The van der Waals surface area contributed by atoms with Crippen molar-refractivity contribution in [1.82, 2.24) is 4.31 Å². The van der Waals surface area contributed by atoms with Crippen LogP contribution in [0.3, 0.4) is 0 Å². The number of esters is 1. The van der Waals surface area contributed by atoms with Crippen LogP contribution in [0.5, 0.6) is 0 Å². The number of ether oxygens (including phenoxy) is 1. The van der Waals surface area contributed by atoms with E-state index in [1.165, 1.54) is 25.8 Å². The van der Waals surface area contributed by atoms with E-state index in [2.05, 4.69) is 4.74 Å². The predicted molar refractivity (Wildman–Crippen MR) is 65.6 cm³/mol. The number of hydrogen-bond acceptors (Lipinski definition) is 6. The number of nitrogens with zero attached hydrogens (tertiary/aromatic N) is 1. The van der Waals surface area contributed by atoms with Crippen LogP contribution in [0.25, 0.3) is 0 Å². The summed E-state index contributed by atoms with van der Waals surface area (Å²) < 4.78 is 29.4. The highest BCUT2D eigenvalue weighted by Gasteiger charge is 2.40. The molecule has 0 amide bonds. The highest BCUT2D eigenvalue weighted by molar-refractivity contribution is 8.00. The maximum Gasteiger partial charge on any atom is 0.322 e. The number of carboxylic acid groups (broad SMARTS) is 1. The van der Waals surface area contributed by atoms with Crippen molar-refractivity contribution in [1.29, 1.82) is 0 Å². The third-order valence-corrected chi connectivity index (χ3v) is 5.74. The summed E-state index contributed by atoms with van der Waals surface area (Å²) in [7, 11) is -2.60. The third-order valence-electron chi connectivity index (χ3n) is 2.55. The lowest BCUT2D eigenvalue weighted by molar-refractivity contribution is -0.144. The molecular formula is C9H15NO6S2. The largest absolute Gasteiger partial charge is 0.480 e. The molecule has 1 N–H and O–H groups in total. The Morgan fingerprint density at radius 3 is 2.67 bits per heavy atom. The van der Waals surface area contributed by atoms with Gasteiger partial charge in [0.2, 0.25) is 10.0 Å². The summed E-state index contributed by atoms with van der Waals surface area (Å²) in [4.78, 5) is 22.1. The molecule has 0 radical (unpaired) electrons. The van der Waals surface area contributed by atoms with Crippen molar-refractivity contribution in [3.05, 3.63) is 0 Å². The van der Waals surface area contributed by atoms with E-state index in [0.29, 0.717) is 0 Å². The summed E-state index contributed by atoms with van der Waals surface area (Å²) in [6, 6.07) is -1.05. The second-order valence-corrected chi connectivity index (χ2v) is 6.91. The number of methoxy groups -OCH3 is 1. The molecule has 0 bridgehead atoms. The Bertz CT molecular complexity index is 434. The SMILES string of the molecule is COC(=O)C(C)CS(=O)(=O)N1CSC[C@H]1C(=O)O. The van der Waals surface area contributed by atoms with Crippen molar-refractivity contribution in [2.24, 2.45) is 5.92 Å². The highest BCUT2D eigenvalue weighted by Crippen LogP contribution is 2.25. The average molecular weight is 297 g/mol. The zero-order chi connectivity index (χ0) is 13.9. The topological polar surface area (TPSA) is 101 Å². The van der Waals surface area contributed by atoms with Gasteiger partial charge >= 0.3 is 11.9 Å². The fraction of sp³-hybridized carbons (Fsp3) is 0.778. The number of carbonyl (C=O) groups excluding carboxylic acids is 1. The zero-order valence-electron chi connectivity index (χ0n) is 10.0. The van der Waals surface area contributed by atoms with Gasteiger partial charge in [-0.2, -0.15) is 4.31 Å². The molecule has 2 atom stereocenters. The van der Waals surface area contributed by atoms with Gasteiger partial charge in [0, 0.05) is 5.75 Å². The van der Waals surface area contributed by atoms with E-state index < -0.39 is 39.7 Å². The number of rotatable bonds is 5. The monoisotopic (exact) mass is 297 g/mol. The van der Waals surface area contributed by atoms with Crippen LogP contribution in [-0.2, 0) is 24.3 Å². The summed E-state index contributed by atoms with van der Waals surface area (Å²) in [6.07, 6.45) is 0. The second-order valence-electron chi connectivity index (χ2n) is 3.94. The molecule has 1 rings (SSSR count). The molecule has 104 valence electrons. The standard InChI is InChI=1S/C9H15NO6S2/c1-6(9(13)16-2)4-18(14,15)10-5-17-3-7(10)8(11)12/h6-7H,3-5H2,1-2H3,(H,11,12)/t6?,7-/m0/s1. The Hall–Kier alpha value is -0.800. The first-order valence-electron chi connectivity index (χ1n) is 5.17. The minimum Gasteiger partial charge on any atom is -0.480 e. The summed E-state index contributed by atoms with van der Waals surface area (Å²) in [6.45, 7) is 1.43.